The summed E-state index contributed by atoms with van der Waals surface area (Å²) in [7, 11) is 1.44. The Morgan fingerprint density at radius 2 is 1.81 bits per heavy atom. The number of hydrogen-bond acceptors (Lipinski definition) is 3. The third-order valence-corrected chi connectivity index (χ3v) is 3.36. The molecule has 0 bridgehead atoms. The van der Waals surface area contributed by atoms with Gasteiger partial charge in [-0.15, -0.1) is 0 Å². The van der Waals surface area contributed by atoms with Crippen LogP contribution in [0.25, 0.3) is 0 Å². The highest BCUT2D eigenvalue weighted by molar-refractivity contribution is 5.33. The molecule has 2 atom stereocenters. The van der Waals surface area contributed by atoms with Crippen LogP contribution in [0, 0.1) is 5.82 Å². The Labute approximate surface area is 124 Å². The van der Waals surface area contributed by atoms with Gasteiger partial charge < -0.3 is 15.2 Å². The fourth-order valence-corrected chi connectivity index (χ4v) is 2.29. The molecule has 2 unspecified atom stereocenters. The molecule has 0 aliphatic rings. The van der Waals surface area contributed by atoms with E-state index in [-0.39, 0.29) is 11.9 Å². The molecule has 0 saturated heterocycles. The van der Waals surface area contributed by atoms with Crippen LogP contribution in [-0.4, -0.2) is 13.7 Å². The molecule has 0 aliphatic carbocycles. The molecule has 2 aromatic carbocycles. The van der Waals surface area contributed by atoms with Gasteiger partial charge in [-0.1, -0.05) is 36.4 Å². The number of halogens is 1. The molecule has 0 aliphatic heterocycles. The summed E-state index contributed by atoms with van der Waals surface area (Å²) in [5, 5.41) is 0. The van der Waals surface area contributed by atoms with Crippen molar-refractivity contribution in [2.75, 3.05) is 13.7 Å². The zero-order valence-electron chi connectivity index (χ0n) is 12.3. The molecule has 112 valence electrons. The lowest BCUT2D eigenvalue weighted by molar-refractivity contribution is 0.0428. The van der Waals surface area contributed by atoms with Crippen molar-refractivity contribution in [3.05, 3.63) is 65.5 Å². The van der Waals surface area contributed by atoms with Crippen LogP contribution >= 0.6 is 0 Å². The van der Waals surface area contributed by atoms with Crippen molar-refractivity contribution in [1.29, 1.82) is 0 Å². The second kappa shape index (κ2) is 7.20. The van der Waals surface area contributed by atoms with Crippen LogP contribution in [0.15, 0.2) is 48.5 Å². The first-order chi connectivity index (χ1) is 10.2. The Morgan fingerprint density at radius 1 is 1.10 bits per heavy atom. The largest absolute Gasteiger partial charge is 0.494 e. The van der Waals surface area contributed by atoms with Gasteiger partial charge in [0.2, 0.25) is 0 Å². The van der Waals surface area contributed by atoms with E-state index in [9.17, 15) is 4.39 Å². The Morgan fingerprint density at radius 3 is 2.38 bits per heavy atom. The molecule has 2 N–H and O–H groups in total. The molecule has 2 aromatic rings. The average molecular weight is 289 g/mol. The Bertz CT molecular complexity index is 574. The minimum atomic E-state index is -0.451. The van der Waals surface area contributed by atoms with Gasteiger partial charge in [0.15, 0.2) is 11.6 Å². The highest BCUT2D eigenvalue weighted by Gasteiger charge is 2.22. The van der Waals surface area contributed by atoms with Crippen molar-refractivity contribution >= 4 is 0 Å². The van der Waals surface area contributed by atoms with Crippen LogP contribution in [-0.2, 0) is 4.74 Å². The summed E-state index contributed by atoms with van der Waals surface area (Å²) in [6.07, 6.45) is -0.316. The van der Waals surface area contributed by atoms with Crippen molar-refractivity contribution in [2.24, 2.45) is 5.73 Å². The summed E-state index contributed by atoms with van der Waals surface area (Å²) in [6.45, 7) is 2.45. The third-order valence-electron chi connectivity index (χ3n) is 3.36. The van der Waals surface area contributed by atoms with E-state index in [0.717, 1.165) is 5.56 Å². The Balaban J connectivity index is 2.30. The van der Waals surface area contributed by atoms with E-state index in [1.165, 1.54) is 13.2 Å². The lowest BCUT2D eigenvalue weighted by Gasteiger charge is -2.25. The van der Waals surface area contributed by atoms with Gasteiger partial charge in [-0.3, -0.25) is 0 Å². The van der Waals surface area contributed by atoms with E-state index in [0.29, 0.717) is 12.2 Å². The van der Waals surface area contributed by atoms with Crippen LogP contribution in [0.3, 0.4) is 0 Å². The Kier molecular flexibility index (Phi) is 5.31. The van der Waals surface area contributed by atoms with Crippen molar-refractivity contribution in [1.82, 2.24) is 0 Å². The first-order valence-corrected chi connectivity index (χ1v) is 6.93. The molecular formula is C17H20FNO2. The fraction of sp³-hybridized carbons (Fsp3) is 0.294. The van der Waals surface area contributed by atoms with Gasteiger partial charge in [0.05, 0.1) is 13.2 Å². The average Bonchev–Trinajstić information content (AvgIpc) is 2.52. The van der Waals surface area contributed by atoms with Gasteiger partial charge in [-0.2, -0.15) is 0 Å². The van der Waals surface area contributed by atoms with E-state index in [2.05, 4.69) is 0 Å². The van der Waals surface area contributed by atoms with Crippen molar-refractivity contribution < 1.29 is 13.9 Å². The standard InChI is InChI=1S/C17H20FNO2/c1-3-21-17(12-7-5-4-6-8-12)16(19)13-9-10-15(20-2)14(18)11-13/h4-11,16-17H,3,19H2,1-2H3. The minimum Gasteiger partial charge on any atom is -0.494 e. The van der Waals surface area contributed by atoms with E-state index >= 15 is 0 Å². The molecule has 4 heteroatoms. The van der Waals surface area contributed by atoms with E-state index in [1.807, 2.05) is 37.3 Å². The summed E-state index contributed by atoms with van der Waals surface area (Å²) in [4.78, 5) is 0. The molecule has 0 aromatic heterocycles. The highest BCUT2D eigenvalue weighted by atomic mass is 19.1. The minimum absolute atomic E-state index is 0.207. The second-order valence-corrected chi connectivity index (χ2v) is 4.71. The van der Waals surface area contributed by atoms with E-state index < -0.39 is 11.9 Å². The molecule has 21 heavy (non-hydrogen) atoms. The summed E-state index contributed by atoms with van der Waals surface area (Å²) >= 11 is 0. The van der Waals surface area contributed by atoms with Crippen LogP contribution in [0.1, 0.15) is 30.2 Å². The zero-order valence-corrected chi connectivity index (χ0v) is 12.3. The van der Waals surface area contributed by atoms with Gasteiger partial charge >= 0.3 is 0 Å². The number of benzene rings is 2. The number of rotatable bonds is 6. The molecular weight excluding hydrogens is 269 g/mol. The monoisotopic (exact) mass is 289 g/mol. The molecule has 3 nitrogen and oxygen atoms in total. The third kappa shape index (κ3) is 3.60. The first-order valence-electron chi connectivity index (χ1n) is 6.93. The predicted octanol–water partition coefficient (Wildman–Crippen LogP) is 3.61. The summed E-state index contributed by atoms with van der Waals surface area (Å²) in [6, 6.07) is 14.0. The molecule has 2 rings (SSSR count). The highest BCUT2D eigenvalue weighted by Crippen LogP contribution is 2.31. The van der Waals surface area contributed by atoms with Crippen molar-refractivity contribution in [3.63, 3.8) is 0 Å². The summed E-state index contributed by atoms with van der Waals surface area (Å²) in [5.41, 5.74) is 7.94. The molecule has 0 spiro atoms. The SMILES string of the molecule is CCOC(c1ccccc1)C(N)c1ccc(OC)c(F)c1. The molecule has 0 heterocycles. The number of methoxy groups -OCH3 is 1. The van der Waals surface area contributed by atoms with Gasteiger partial charge in [-0.25, -0.2) is 4.39 Å². The molecule has 0 radical (unpaired) electrons. The van der Waals surface area contributed by atoms with Crippen molar-refractivity contribution in [2.45, 2.75) is 19.1 Å². The van der Waals surface area contributed by atoms with Crippen LogP contribution in [0.2, 0.25) is 0 Å². The molecule has 0 amide bonds. The maximum Gasteiger partial charge on any atom is 0.165 e. The zero-order chi connectivity index (χ0) is 15.2. The maximum atomic E-state index is 13.8. The quantitative estimate of drug-likeness (QED) is 0.883. The lowest BCUT2D eigenvalue weighted by atomic mass is 9.96. The lowest BCUT2D eigenvalue weighted by Crippen LogP contribution is -2.22. The number of ether oxygens (including phenoxy) is 2. The van der Waals surface area contributed by atoms with Gasteiger partial charge in [-0.05, 0) is 30.2 Å². The molecule has 0 fully saturated rings. The normalized spacial score (nSPS) is 13.7. The fourth-order valence-electron chi connectivity index (χ4n) is 2.29. The van der Waals surface area contributed by atoms with Crippen molar-refractivity contribution in [3.8, 4) is 5.75 Å². The molecule has 0 saturated carbocycles. The van der Waals surface area contributed by atoms with Crippen LogP contribution in [0.5, 0.6) is 5.75 Å². The topological polar surface area (TPSA) is 44.5 Å². The number of hydrogen-bond donors (Lipinski definition) is 1. The maximum absolute atomic E-state index is 13.8. The summed E-state index contributed by atoms with van der Waals surface area (Å²) in [5.74, 6) is -0.215. The van der Waals surface area contributed by atoms with Gasteiger partial charge in [0.1, 0.15) is 6.10 Å². The second-order valence-electron chi connectivity index (χ2n) is 4.71. The predicted molar refractivity (Wildman–Crippen MR) is 80.7 cm³/mol. The number of nitrogens with two attached hydrogens (primary N) is 1. The Hall–Kier alpha value is -1.91. The van der Waals surface area contributed by atoms with Gasteiger partial charge in [0.25, 0.3) is 0 Å². The van der Waals surface area contributed by atoms with Crippen LogP contribution < -0.4 is 10.5 Å². The smallest absolute Gasteiger partial charge is 0.165 e. The van der Waals surface area contributed by atoms with Crippen LogP contribution in [0.4, 0.5) is 4.39 Å². The first kappa shape index (κ1) is 15.5. The summed E-state index contributed by atoms with van der Waals surface area (Å²) < 4.78 is 24.5. The van der Waals surface area contributed by atoms with Gasteiger partial charge in [0, 0.05) is 6.61 Å². The van der Waals surface area contributed by atoms with E-state index in [4.69, 9.17) is 15.2 Å². The van der Waals surface area contributed by atoms with E-state index in [1.54, 1.807) is 12.1 Å².